The molecule has 0 unspecified atom stereocenters. The molecule has 0 aliphatic heterocycles. The Labute approximate surface area is 176 Å². The molecule has 1 N–H and O–H groups in total. The van der Waals surface area contributed by atoms with E-state index in [4.69, 9.17) is 0 Å². The summed E-state index contributed by atoms with van der Waals surface area (Å²) in [7, 11) is 0. The molecule has 0 aliphatic carbocycles. The van der Waals surface area contributed by atoms with Gasteiger partial charge < -0.3 is 5.32 Å². The van der Waals surface area contributed by atoms with Gasteiger partial charge in [0.2, 0.25) is 0 Å². The number of nitrogens with zero attached hydrogens (tertiary/aromatic N) is 4. The average Bonchev–Trinajstić information content (AvgIpc) is 3.29. The molecule has 0 radical (unpaired) electrons. The van der Waals surface area contributed by atoms with Crippen LogP contribution in [0.5, 0.6) is 0 Å². The largest absolute Gasteiger partial charge is 0.305 e. The van der Waals surface area contributed by atoms with E-state index < -0.39 is 0 Å². The summed E-state index contributed by atoms with van der Waals surface area (Å²) in [6.45, 7) is 7.44. The molecule has 0 saturated heterocycles. The number of carbonyl (C=O) groups is 1. The predicted octanol–water partition coefficient (Wildman–Crippen LogP) is 4.35. The highest BCUT2D eigenvalue weighted by molar-refractivity contribution is 6.03. The molecule has 0 saturated carbocycles. The number of hydrogen-bond acceptors (Lipinski definition) is 3. The van der Waals surface area contributed by atoms with Crippen LogP contribution in [0, 0.1) is 20.8 Å². The molecular formula is C24H25N5O. The van der Waals surface area contributed by atoms with Crippen LogP contribution in [0.25, 0.3) is 0 Å². The Morgan fingerprint density at radius 3 is 2.20 bits per heavy atom. The van der Waals surface area contributed by atoms with E-state index in [2.05, 4.69) is 52.8 Å². The Kier molecular flexibility index (Phi) is 5.48. The summed E-state index contributed by atoms with van der Waals surface area (Å²) in [5.74, 6) is 0.368. The lowest BCUT2D eigenvalue weighted by Gasteiger charge is -2.07. The summed E-state index contributed by atoms with van der Waals surface area (Å²) in [6.07, 6.45) is 1.87. The van der Waals surface area contributed by atoms with Gasteiger partial charge in [0.1, 0.15) is 0 Å². The zero-order chi connectivity index (χ0) is 21.1. The normalized spacial score (nSPS) is 10.9. The van der Waals surface area contributed by atoms with Crippen LogP contribution in [0.15, 0.2) is 66.9 Å². The van der Waals surface area contributed by atoms with E-state index in [1.807, 2.05) is 59.7 Å². The molecule has 6 heteroatoms. The summed E-state index contributed by atoms with van der Waals surface area (Å²) in [5.41, 5.74) is 6.22. The second-order valence-electron chi connectivity index (χ2n) is 7.62. The lowest BCUT2D eigenvalue weighted by atomic mass is 10.1. The zero-order valence-electron chi connectivity index (χ0n) is 17.5. The second kappa shape index (κ2) is 8.37. The molecule has 0 aliphatic rings. The summed E-state index contributed by atoms with van der Waals surface area (Å²) in [5, 5.41) is 11.8. The van der Waals surface area contributed by atoms with Gasteiger partial charge in [0, 0.05) is 23.5 Å². The van der Waals surface area contributed by atoms with Gasteiger partial charge in [-0.3, -0.25) is 14.2 Å². The van der Waals surface area contributed by atoms with Gasteiger partial charge in [-0.25, -0.2) is 0 Å². The highest BCUT2D eigenvalue weighted by atomic mass is 16.1. The van der Waals surface area contributed by atoms with Crippen molar-refractivity contribution in [1.29, 1.82) is 0 Å². The maximum atomic E-state index is 12.6. The Balaban J connectivity index is 1.37. The highest BCUT2D eigenvalue weighted by Crippen LogP contribution is 2.12. The first-order valence-electron chi connectivity index (χ1n) is 9.96. The number of aromatic nitrogens is 4. The lowest BCUT2D eigenvalue weighted by molar-refractivity contribution is 0.102. The van der Waals surface area contributed by atoms with Crippen LogP contribution < -0.4 is 5.32 Å². The van der Waals surface area contributed by atoms with Crippen molar-refractivity contribution < 1.29 is 4.79 Å². The third-order valence-corrected chi connectivity index (χ3v) is 5.00. The third kappa shape index (κ3) is 4.66. The molecule has 2 aromatic carbocycles. The fraction of sp³-hybridized carbons (Fsp3) is 0.208. The Bertz CT molecular complexity index is 1150. The minimum atomic E-state index is -0.173. The second-order valence-corrected chi connectivity index (χ2v) is 7.62. The van der Waals surface area contributed by atoms with Crippen molar-refractivity contribution in [3.8, 4) is 0 Å². The highest BCUT2D eigenvalue weighted by Gasteiger charge is 2.09. The van der Waals surface area contributed by atoms with Crippen molar-refractivity contribution in [2.45, 2.75) is 33.9 Å². The fourth-order valence-electron chi connectivity index (χ4n) is 3.35. The molecule has 2 aromatic heterocycles. The van der Waals surface area contributed by atoms with Crippen LogP contribution in [-0.2, 0) is 13.1 Å². The van der Waals surface area contributed by atoms with Crippen LogP contribution in [0.2, 0.25) is 0 Å². The van der Waals surface area contributed by atoms with Crippen molar-refractivity contribution in [3.05, 3.63) is 101 Å². The molecule has 152 valence electrons. The van der Waals surface area contributed by atoms with Gasteiger partial charge in [0.05, 0.1) is 18.8 Å². The monoisotopic (exact) mass is 399 g/mol. The number of aryl methyl sites for hydroxylation is 3. The van der Waals surface area contributed by atoms with E-state index in [9.17, 15) is 4.79 Å². The van der Waals surface area contributed by atoms with E-state index in [-0.39, 0.29) is 5.91 Å². The number of anilines is 1. The lowest BCUT2D eigenvalue weighted by Crippen LogP contribution is -2.13. The topological polar surface area (TPSA) is 64.7 Å². The number of rotatable bonds is 6. The predicted molar refractivity (Wildman–Crippen MR) is 118 cm³/mol. The van der Waals surface area contributed by atoms with Crippen LogP contribution >= 0.6 is 0 Å². The Hall–Kier alpha value is -3.67. The molecule has 0 bridgehead atoms. The molecule has 0 spiro atoms. The van der Waals surface area contributed by atoms with Gasteiger partial charge in [-0.05, 0) is 50.1 Å². The van der Waals surface area contributed by atoms with Gasteiger partial charge in [-0.2, -0.15) is 10.2 Å². The van der Waals surface area contributed by atoms with Crippen LogP contribution in [0.3, 0.4) is 0 Å². The maximum absolute atomic E-state index is 12.6. The van der Waals surface area contributed by atoms with Gasteiger partial charge in [0.25, 0.3) is 5.91 Å². The molecule has 6 nitrogen and oxygen atoms in total. The average molecular weight is 399 g/mol. The van der Waals surface area contributed by atoms with Crippen molar-refractivity contribution in [2.24, 2.45) is 0 Å². The van der Waals surface area contributed by atoms with E-state index in [1.165, 1.54) is 11.1 Å². The van der Waals surface area contributed by atoms with Crippen LogP contribution in [0.4, 0.5) is 5.82 Å². The summed E-state index contributed by atoms with van der Waals surface area (Å²) < 4.78 is 3.78. The standard InChI is InChI=1S/C24H25N5O/c1-17-4-6-20(7-5-17)15-28-13-12-23(27-28)25-24(30)22-10-8-21(9-11-22)16-29-19(3)14-18(2)26-29/h4-14H,15-16H2,1-3H3,(H,25,27,30). The SMILES string of the molecule is Cc1ccc(Cn2ccc(NC(=O)c3ccc(Cn4nc(C)cc4C)cc3)n2)cc1. The van der Waals surface area contributed by atoms with Gasteiger partial charge in [0.15, 0.2) is 5.82 Å². The van der Waals surface area contributed by atoms with E-state index >= 15 is 0 Å². The molecule has 0 atom stereocenters. The summed E-state index contributed by atoms with van der Waals surface area (Å²) >= 11 is 0. The first kappa shape index (κ1) is 19.6. The zero-order valence-corrected chi connectivity index (χ0v) is 17.5. The number of hydrogen-bond donors (Lipinski definition) is 1. The van der Waals surface area contributed by atoms with Gasteiger partial charge in [-0.1, -0.05) is 42.0 Å². The maximum Gasteiger partial charge on any atom is 0.256 e. The van der Waals surface area contributed by atoms with Crippen molar-refractivity contribution in [3.63, 3.8) is 0 Å². The van der Waals surface area contributed by atoms with Crippen LogP contribution in [0.1, 0.15) is 38.4 Å². The molecular weight excluding hydrogens is 374 g/mol. The number of benzene rings is 2. The summed E-state index contributed by atoms with van der Waals surface area (Å²) in [6, 6.07) is 19.8. The quantitative estimate of drug-likeness (QED) is 0.524. The van der Waals surface area contributed by atoms with E-state index in [0.717, 1.165) is 17.0 Å². The van der Waals surface area contributed by atoms with Gasteiger partial charge in [-0.15, -0.1) is 0 Å². The van der Waals surface area contributed by atoms with Crippen molar-refractivity contribution >= 4 is 11.7 Å². The Morgan fingerprint density at radius 1 is 0.867 bits per heavy atom. The van der Waals surface area contributed by atoms with E-state index in [0.29, 0.717) is 24.5 Å². The number of nitrogens with one attached hydrogen (secondary N) is 1. The molecule has 1 amide bonds. The molecule has 30 heavy (non-hydrogen) atoms. The third-order valence-electron chi connectivity index (χ3n) is 5.00. The molecule has 4 rings (SSSR count). The Morgan fingerprint density at radius 2 is 1.53 bits per heavy atom. The van der Waals surface area contributed by atoms with Crippen molar-refractivity contribution in [1.82, 2.24) is 19.6 Å². The summed E-state index contributed by atoms with van der Waals surface area (Å²) in [4.78, 5) is 12.6. The molecule has 0 fully saturated rings. The smallest absolute Gasteiger partial charge is 0.256 e. The first-order chi connectivity index (χ1) is 14.5. The molecule has 4 aromatic rings. The number of amides is 1. The van der Waals surface area contributed by atoms with Crippen molar-refractivity contribution in [2.75, 3.05) is 5.32 Å². The van der Waals surface area contributed by atoms with Crippen LogP contribution in [-0.4, -0.2) is 25.5 Å². The molecule has 2 heterocycles. The van der Waals surface area contributed by atoms with E-state index in [1.54, 1.807) is 0 Å². The number of carbonyl (C=O) groups excluding carboxylic acids is 1. The minimum Gasteiger partial charge on any atom is -0.305 e. The fourth-order valence-corrected chi connectivity index (χ4v) is 3.35. The van der Waals surface area contributed by atoms with Gasteiger partial charge >= 0.3 is 0 Å². The minimum absolute atomic E-state index is 0.173. The first-order valence-corrected chi connectivity index (χ1v) is 9.96.